The summed E-state index contributed by atoms with van der Waals surface area (Å²) in [6, 6.07) is 4.16. The topological polar surface area (TPSA) is 32.7 Å². The highest BCUT2D eigenvalue weighted by Crippen LogP contribution is 2.35. The molecule has 0 aliphatic carbocycles. The van der Waals surface area contributed by atoms with E-state index in [1.165, 1.54) is 17.5 Å². The van der Waals surface area contributed by atoms with Crippen molar-refractivity contribution < 1.29 is 9.84 Å². The zero-order chi connectivity index (χ0) is 14.0. The molecule has 2 unspecified atom stereocenters. The summed E-state index contributed by atoms with van der Waals surface area (Å²) in [5, 5.41) is 10.6. The Labute approximate surface area is 116 Å². The van der Waals surface area contributed by atoms with Gasteiger partial charge in [0.1, 0.15) is 18.5 Å². The average molecular weight is 263 g/mol. The molecule has 0 radical (unpaired) electrons. The van der Waals surface area contributed by atoms with E-state index >= 15 is 0 Å². The standard InChI is InChI=1S/C16H25NO2/c1-5-6-7-17(4)14-10-19-15-9-12(3)11(2)8-13(15)16(14)18/h8-9,14,16,18H,5-7,10H2,1-4H3. The maximum Gasteiger partial charge on any atom is 0.125 e. The molecule has 0 amide bonds. The lowest BCUT2D eigenvalue weighted by Crippen LogP contribution is -2.44. The first-order valence-corrected chi connectivity index (χ1v) is 7.16. The second-order valence-electron chi connectivity index (χ2n) is 5.63. The van der Waals surface area contributed by atoms with E-state index in [1.54, 1.807) is 0 Å². The number of likely N-dealkylation sites (N-methyl/N-ethyl adjacent to an activating group) is 1. The lowest BCUT2D eigenvalue weighted by molar-refractivity contribution is 0.0146. The number of ether oxygens (including phenoxy) is 1. The molecule has 1 aromatic rings. The minimum absolute atomic E-state index is 0.0566. The molecule has 106 valence electrons. The third-order valence-corrected chi connectivity index (χ3v) is 4.15. The summed E-state index contributed by atoms with van der Waals surface area (Å²) in [5.74, 6) is 0.843. The number of aliphatic hydroxyl groups excluding tert-OH is 1. The molecular formula is C16H25NO2. The van der Waals surface area contributed by atoms with Crippen LogP contribution in [0.5, 0.6) is 5.75 Å². The molecule has 1 aliphatic heterocycles. The van der Waals surface area contributed by atoms with Crippen LogP contribution in [0.25, 0.3) is 0 Å². The zero-order valence-corrected chi connectivity index (χ0v) is 12.4. The Balaban J connectivity index is 2.19. The number of benzene rings is 1. The molecule has 0 fully saturated rings. The van der Waals surface area contributed by atoms with Gasteiger partial charge in [-0.15, -0.1) is 0 Å². The van der Waals surface area contributed by atoms with Gasteiger partial charge in [0.15, 0.2) is 0 Å². The normalized spacial score (nSPS) is 22.2. The molecular weight excluding hydrogens is 238 g/mol. The molecule has 1 aliphatic rings. The lowest BCUT2D eigenvalue weighted by atomic mass is 9.94. The summed E-state index contributed by atoms with van der Waals surface area (Å²) < 4.78 is 5.84. The van der Waals surface area contributed by atoms with Gasteiger partial charge < -0.3 is 9.84 Å². The molecule has 19 heavy (non-hydrogen) atoms. The van der Waals surface area contributed by atoms with Gasteiger partial charge in [-0.25, -0.2) is 0 Å². The van der Waals surface area contributed by atoms with Crippen molar-refractivity contribution in [2.45, 2.75) is 45.8 Å². The Morgan fingerprint density at radius 2 is 2.00 bits per heavy atom. The molecule has 1 N–H and O–H groups in total. The summed E-state index contributed by atoms with van der Waals surface area (Å²) >= 11 is 0. The van der Waals surface area contributed by atoms with E-state index in [4.69, 9.17) is 4.74 Å². The first-order valence-electron chi connectivity index (χ1n) is 7.16. The first kappa shape index (κ1) is 14.4. The van der Waals surface area contributed by atoms with Crippen LogP contribution in [0.15, 0.2) is 12.1 Å². The second-order valence-corrected chi connectivity index (χ2v) is 5.63. The van der Waals surface area contributed by atoms with Crippen molar-refractivity contribution in [1.29, 1.82) is 0 Å². The van der Waals surface area contributed by atoms with E-state index in [-0.39, 0.29) is 6.04 Å². The maximum absolute atomic E-state index is 10.6. The Morgan fingerprint density at radius 1 is 1.32 bits per heavy atom. The van der Waals surface area contributed by atoms with E-state index in [1.807, 2.05) is 6.07 Å². The number of unbranched alkanes of at least 4 members (excludes halogenated alkanes) is 1. The van der Waals surface area contributed by atoms with Crippen molar-refractivity contribution in [1.82, 2.24) is 4.90 Å². The van der Waals surface area contributed by atoms with Crippen LogP contribution < -0.4 is 4.74 Å². The molecule has 0 saturated carbocycles. The van der Waals surface area contributed by atoms with Crippen LogP contribution >= 0.6 is 0 Å². The van der Waals surface area contributed by atoms with Crippen LogP contribution in [-0.4, -0.2) is 36.2 Å². The summed E-state index contributed by atoms with van der Waals surface area (Å²) in [5.41, 5.74) is 3.35. The predicted molar refractivity (Wildman–Crippen MR) is 77.7 cm³/mol. The van der Waals surface area contributed by atoms with Crippen molar-refractivity contribution in [2.75, 3.05) is 20.2 Å². The van der Waals surface area contributed by atoms with E-state index in [9.17, 15) is 5.11 Å². The number of aryl methyl sites for hydroxylation is 2. The van der Waals surface area contributed by atoms with Crippen LogP contribution in [0.4, 0.5) is 0 Å². The van der Waals surface area contributed by atoms with E-state index in [0.29, 0.717) is 6.61 Å². The largest absolute Gasteiger partial charge is 0.491 e. The lowest BCUT2D eigenvalue weighted by Gasteiger charge is -2.36. The number of hydrogen-bond donors (Lipinski definition) is 1. The Morgan fingerprint density at radius 3 is 2.68 bits per heavy atom. The van der Waals surface area contributed by atoms with Gasteiger partial charge in [0.2, 0.25) is 0 Å². The van der Waals surface area contributed by atoms with Crippen molar-refractivity contribution >= 4 is 0 Å². The third-order valence-electron chi connectivity index (χ3n) is 4.15. The number of fused-ring (bicyclic) bond motifs is 1. The molecule has 2 rings (SSSR count). The second kappa shape index (κ2) is 5.93. The van der Waals surface area contributed by atoms with Gasteiger partial charge in [-0.3, -0.25) is 4.90 Å². The monoisotopic (exact) mass is 263 g/mol. The summed E-state index contributed by atoms with van der Waals surface area (Å²) in [4.78, 5) is 2.21. The summed E-state index contributed by atoms with van der Waals surface area (Å²) in [6.07, 6.45) is 1.87. The smallest absolute Gasteiger partial charge is 0.125 e. The molecule has 0 aromatic heterocycles. The molecule has 1 aromatic carbocycles. The number of aliphatic hydroxyl groups is 1. The van der Waals surface area contributed by atoms with Gasteiger partial charge in [-0.05, 0) is 57.1 Å². The van der Waals surface area contributed by atoms with Gasteiger partial charge in [-0.1, -0.05) is 13.3 Å². The highest BCUT2D eigenvalue weighted by Gasteiger charge is 2.32. The number of hydrogen-bond acceptors (Lipinski definition) is 3. The van der Waals surface area contributed by atoms with Gasteiger partial charge in [0.25, 0.3) is 0 Å². The quantitative estimate of drug-likeness (QED) is 0.906. The number of rotatable bonds is 4. The molecule has 0 saturated heterocycles. The number of nitrogens with zero attached hydrogens (tertiary/aromatic N) is 1. The minimum Gasteiger partial charge on any atom is -0.491 e. The van der Waals surface area contributed by atoms with Crippen LogP contribution in [-0.2, 0) is 0 Å². The molecule has 0 spiro atoms. The fourth-order valence-corrected chi connectivity index (χ4v) is 2.58. The van der Waals surface area contributed by atoms with E-state index in [2.05, 4.69) is 38.8 Å². The van der Waals surface area contributed by atoms with Gasteiger partial charge in [0, 0.05) is 5.56 Å². The van der Waals surface area contributed by atoms with Crippen molar-refractivity contribution in [2.24, 2.45) is 0 Å². The van der Waals surface area contributed by atoms with Gasteiger partial charge >= 0.3 is 0 Å². The molecule has 0 bridgehead atoms. The zero-order valence-electron chi connectivity index (χ0n) is 12.4. The van der Waals surface area contributed by atoms with Crippen molar-refractivity contribution in [3.05, 3.63) is 28.8 Å². The average Bonchev–Trinajstić information content (AvgIpc) is 2.39. The first-order chi connectivity index (χ1) is 9.04. The molecule has 3 nitrogen and oxygen atoms in total. The van der Waals surface area contributed by atoms with E-state index < -0.39 is 6.10 Å². The van der Waals surface area contributed by atoms with Gasteiger partial charge in [0.05, 0.1) is 6.04 Å². The van der Waals surface area contributed by atoms with Crippen molar-refractivity contribution in [3.8, 4) is 5.75 Å². The van der Waals surface area contributed by atoms with Crippen LogP contribution in [0.2, 0.25) is 0 Å². The maximum atomic E-state index is 10.6. The Kier molecular flexibility index (Phi) is 4.48. The molecule has 2 atom stereocenters. The highest BCUT2D eigenvalue weighted by atomic mass is 16.5. The van der Waals surface area contributed by atoms with Crippen LogP contribution in [0.1, 0.15) is 42.6 Å². The van der Waals surface area contributed by atoms with Crippen LogP contribution in [0.3, 0.4) is 0 Å². The highest BCUT2D eigenvalue weighted by molar-refractivity contribution is 5.44. The fraction of sp³-hybridized carbons (Fsp3) is 0.625. The Bertz CT molecular complexity index is 445. The van der Waals surface area contributed by atoms with Gasteiger partial charge in [-0.2, -0.15) is 0 Å². The predicted octanol–water partition coefficient (Wildman–Crippen LogP) is 2.83. The van der Waals surface area contributed by atoms with Crippen molar-refractivity contribution in [3.63, 3.8) is 0 Å². The third kappa shape index (κ3) is 2.93. The SMILES string of the molecule is CCCCN(C)C1COc2cc(C)c(C)cc2C1O. The molecule has 3 heteroatoms. The van der Waals surface area contributed by atoms with E-state index in [0.717, 1.165) is 24.3 Å². The fourth-order valence-electron chi connectivity index (χ4n) is 2.58. The molecule has 1 heterocycles. The Hall–Kier alpha value is -1.06. The minimum atomic E-state index is -0.454. The summed E-state index contributed by atoms with van der Waals surface area (Å²) in [6.45, 7) is 7.90. The van der Waals surface area contributed by atoms with Crippen LogP contribution in [0, 0.1) is 13.8 Å². The summed E-state index contributed by atoms with van der Waals surface area (Å²) in [7, 11) is 2.07.